The molecule has 0 bridgehead atoms. The van der Waals surface area contributed by atoms with Crippen LogP contribution in [0.3, 0.4) is 0 Å². The number of pyridine rings is 2. The average Bonchev–Trinajstić information content (AvgIpc) is 1.53. The summed E-state index contributed by atoms with van der Waals surface area (Å²) in [5.41, 5.74) is 23.0. The quantitative estimate of drug-likeness (QED) is 0.128. The zero-order valence-electron chi connectivity index (χ0n) is 54.0. The molecular weight excluding hydrogens is 1250 g/mol. The van der Waals surface area contributed by atoms with Crippen molar-refractivity contribution in [2.24, 2.45) is 0 Å². The number of thiophene rings is 2. The molecule has 0 aliphatic heterocycles. The Morgan fingerprint density at radius 2 is 0.470 bits per heavy atom. The van der Waals surface area contributed by atoms with E-state index in [9.17, 15) is 0 Å². The lowest BCUT2D eigenvalue weighted by Gasteiger charge is -2.12. The van der Waals surface area contributed by atoms with Crippen LogP contribution < -0.4 is 0 Å². The molecule has 0 fully saturated rings. The molecular formula is C92H58N6S2. The molecule has 19 rings (SSSR count). The number of benzene rings is 13. The van der Waals surface area contributed by atoms with E-state index in [0.717, 1.165) is 89.7 Å². The standard InChI is InChI=1S/C49H31N3S.C43H27N3S/c1-4-13-32(14-5-1)33-23-25-36(26-24-33)43-31-42(35-17-8-3-9-18-35)51-49(52-43)38-29-27-37(28-30-38)47-46-40-19-10-11-22-44(40)53-48(46)45-39(20-12-21-41(45)50-47)34-15-6-2-7-16-34;1-4-13-28(14-5-1)33-20-12-21-35-39(33)42-40(34-19-10-11-22-38(34)47-42)41(44-35)31-23-25-32(26-24-31)43-45-36(29-15-6-2-7-16-29)27-37(46-43)30-17-8-3-9-18-30/h1-31H;1-27H. The Morgan fingerprint density at radius 1 is 0.190 bits per heavy atom. The molecule has 8 heteroatoms. The van der Waals surface area contributed by atoms with Crippen molar-refractivity contribution in [1.82, 2.24) is 29.9 Å². The Hall–Kier alpha value is -12.7. The minimum absolute atomic E-state index is 0.685. The molecule has 13 aromatic carbocycles. The first-order valence-electron chi connectivity index (χ1n) is 33.5. The molecule has 0 spiro atoms. The third-order valence-electron chi connectivity index (χ3n) is 18.6. The molecule has 0 N–H and O–H groups in total. The highest BCUT2D eigenvalue weighted by molar-refractivity contribution is 7.27. The number of hydrogen-bond donors (Lipinski definition) is 0. The number of hydrogen-bond acceptors (Lipinski definition) is 8. The van der Waals surface area contributed by atoms with Gasteiger partial charge in [0.05, 0.1) is 45.2 Å². The van der Waals surface area contributed by atoms with Crippen LogP contribution in [0.2, 0.25) is 0 Å². The van der Waals surface area contributed by atoms with Gasteiger partial charge in [0.25, 0.3) is 0 Å². The fourth-order valence-electron chi connectivity index (χ4n) is 13.7. The van der Waals surface area contributed by atoms with Gasteiger partial charge in [0.2, 0.25) is 0 Å². The monoisotopic (exact) mass is 1310 g/mol. The topological polar surface area (TPSA) is 77.3 Å². The van der Waals surface area contributed by atoms with Crippen LogP contribution in [0.1, 0.15) is 0 Å². The first kappa shape index (κ1) is 59.7. The maximum atomic E-state index is 5.40. The van der Waals surface area contributed by atoms with Gasteiger partial charge < -0.3 is 0 Å². The summed E-state index contributed by atoms with van der Waals surface area (Å²) in [7, 11) is 0. The van der Waals surface area contributed by atoms with Gasteiger partial charge >= 0.3 is 0 Å². The van der Waals surface area contributed by atoms with Crippen LogP contribution in [-0.4, -0.2) is 29.9 Å². The molecule has 19 aromatic rings. The van der Waals surface area contributed by atoms with Gasteiger partial charge in [-0.05, 0) is 69.8 Å². The van der Waals surface area contributed by atoms with Crippen molar-refractivity contribution < 1.29 is 0 Å². The second-order valence-corrected chi connectivity index (χ2v) is 26.9. The van der Waals surface area contributed by atoms with Gasteiger partial charge in [-0.2, -0.15) is 0 Å². The summed E-state index contributed by atoms with van der Waals surface area (Å²) in [5, 5.41) is 7.25. The molecule has 0 amide bonds. The smallest absolute Gasteiger partial charge is 0.160 e. The van der Waals surface area contributed by atoms with E-state index in [2.05, 4.69) is 303 Å². The second-order valence-electron chi connectivity index (χ2n) is 24.8. The van der Waals surface area contributed by atoms with Crippen molar-refractivity contribution in [3.05, 3.63) is 352 Å². The van der Waals surface area contributed by atoms with Crippen molar-refractivity contribution in [3.63, 3.8) is 0 Å². The zero-order chi connectivity index (χ0) is 66.3. The fourth-order valence-corrected chi connectivity index (χ4v) is 16.3. The molecule has 6 aromatic heterocycles. The highest BCUT2D eigenvalue weighted by Gasteiger charge is 2.22. The molecule has 0 saturated carbocycles. The van der Waals surface area contributed by atoms with Gasteiger partial charge in [-0.15, -0.1) is 22.7 Å². The van der Waals surface area contributed by atoms with Crippen molar-refractivity contribution >= 4 is 84.8 Å². The van der Waals surface area contributed by atoms with Gasteiger partial charge in [0, 0.05) is 95.6 Å². The molecule has 0 radical (unpaired) electrons. The molecule has 0 unspecified atom stereocenters. The Balaban J connectivity index is 0.000000145. The summed E-state index contributed by atoms with van der Waals surface area (Å²) in [6.07, 6.45) is 0. The largest absolute Gasteiger partial charge is 0.247 e. The summed E-state index contributed by atoms with van der Waals surface area (Å²) >= 11 is 3.70. The van der Waals surface area contributed by atoms with Gasteiger partial charge in [0.15, 0.2) is 11.6 Å². The molecule has 0 aliphatic rings. The van der Waals surface area contributed by atoms with Crippen molar-refractivity contribution in [2.45, 2.75) is 0 Å². The second kappa shape index (κ2) is 26.0. The van der Waals surface area contributed by atoms with Gasteiger partial charge in [-0.25, -0.2) is 29.9 Å². The van der Waals surface area contributed by atoms with Gasteiger partial charge in [-0.1, -0.05) is 315 Å². The van der Waals surface area contributed by atoms with Crippen LogP contribution in [0.4, 0.5) is 0 Å². The van der Waals surface area contributed by atoms with E-state index in [-0.39, 0.29) is 0 Å². The van der Waals surface area contributed by atoms with E-state index >= 15 is 0 Å². The maximum Gasteiger partial charge on any atom is 0.160 e. The van der Waals surface area contributed by atoms with Crippen LogP contribution in [0.25, 0.3) is 186 Å². The van der Waals surface area contributed by atoms with Crippen molar-refractivity contribution in [2.75, 3.05) is 0 Å². The lowest BCUT2D eigenvalue weighted by Crippen LogP contribution is -1.96. The van der Waals surface area contributed by atoms with E-state index in [0.29, 0.717) is 11.6 Å². The summed E-state index contributed by atoms with van der Waals surface area (Å²) < 4.78 is 5.04. The summed E-state index contributed by atoms with van der Waals surface area (Å²) in [5.74, 6) is 1.38. The third kappa shape index (κ3) is 11.3. The number of aromatic nitrogens is 6. The Labute approximate surface area is 586 Å². The summed E-state index contributed by atoms with van der Waals surface area (Å²) in [4.78, 5) is 31.1. The normalized spacial score (nSPS) is 11.4. The lowest BCUT2D eigenvalue weighted by molar-refractivity contribution is 1.18. The molecule has 100 heavy (non-hydrogen) atoms. The zero-order valence-corrected chi connectivity index (χ0v) is 55.6. The van der Waals surface area contributed by atoms with E-state index in [4.69, 9.17) is 29.9 Å². The summed E-state index contributed by atoms with van der Waals surface area (Å²) in [6, 6.07) is 123. The van der Waals surface area contributed by atoms with Crippen LogP contribution >= 0.6 is 22.7 Å². The van der Waals surface area contributed by atoms with Gasteiger partial charge in [-0.3, -0.25) is 0 Å². The maximum absolute atomic E-state index is 5.40. The molecule has 6 heterocycles. The van der Waals surface area contributed by atoms with E-state index in [1.807, 2.05) is 71.2 Å². The highest BCUT2D eigenvalue weighted by atomic mass is 32.1. The average molecular weight is 1310 g/mol. The molecule has 0 atom stereocenters. The molecule has 0 aliphatic carbocycles. The fraction of sp³-hybridized carbons (Fsp3) is 0. The minimum Gasteiger partial charge on any atom is -0.247 e. The van der Waals surface area contributed by atoms with Crippen molar-refractivity contribution in [3.8, 4) is 124 Å². The highest BCUT2D eigenvalue weighted by Crippen LogP contribution is 2.48. The predicted octanol–water partition coefficient (Wildman–Crippen LogP) is 25.1. The summed E-state index contributed by atoms with van der Waals surface area (Å²) in [6.45, 7) is 0. The third-order valence-corrected chi connectivity index (χ3v) is 21.0. The Morgan fingerprint density at radius 3 is 0.840 bits per heavy atom. The Kier molecular flexibility index (Phi) is 15.5. The SMILES string of the molecule is c1ccc(-c2cc(-c3ccccc3)nc(-c3ccc(-c4nc5cccc(-c6ccccc6)c5c5sc6ccccc6c45)cc3)n2)cc1.c1ccc(-c2ccc(-c3cc(-c4ccccc4)nc(-c4ccc(-c5nc6cccc(-c7ccccc7)c6c6sc7ccccc7c56)cc4)n3)cc2)cc1. The van der Waals surface area contributed by atoms with E-state index < -0.39 is 0 Å². The molecule has 0 saturated heterocycles. The number of fused-ring (bicyclic) bond motifs is 10. The van der Waals surface area contributed by atoms with Crippen LogP contribution in [0.5, 0.6) is 0 Å². The van der Waals surface area contributed by atoms with E-state index in [1.165, 1.54) is 84.5 Å². The number of nitrogens with zero attached hydrogens (tertiary/aromatic N) is 6. The molecule has 468 valence electrons. The lowest BCUT2D eigenvalue weighted by atomic mass is 9.96. The Bertz CT molecular complexity index is 6150. The predicted molar refractivity (Wildman–Crippen MR) is 420 cm³/mol. The molecule has 6 nitrogen and oxygen atoms in total. The van der Waals surface area contributed by atoms with Crippen LogP contribution in [0.15, 0.2) is 352 Å². The van der Waals surface area contributed by atoms with Crippen molar-refractivity contribution in [1.29, 1.82) is 0 Å². The van der Waals surface area contributed by atoms with E-state index in [1.54, 1.807) is 0 Å². The minimum atomic E-state index is 0.685. The first-order valence-corrected chi connectivity index (χ1v) is 35.1. The van der Waals surface area contributed by atoms with Crippen LogP contribution in [0, 0.1) is 0 Å². The van der Waals surface area contributed by atoms with Crippen LogP contribution in [-0.2, 0) is 0 Å². The first-order chi connectivity index (χ1) is 49.6. The van der Waals surface area contributed by atoms with Gasteiger partial charge in [0.1, 0.15) is 0 Å². The number of rotatable bonds is 11.